The lowest BCUT2D eigenvalue weighted by Crippen LogP contribution is -2.46. The summed E-state index contributed by atoms with van der Waals surface area (Å²) < 4.78 is 12.8. The highest BCUT2D eigenvalue weighted by Crippen LogP contribution is 2.17. The van der Waals surface area contributed by atoms with Gasteiger partial charge in [-0.1, -0.05) is 0 Å². The van der Waals surface area contributed by atoms with Crippen LogP contribution in [0, 0.1) is 0 Å². The van der Waals surface area contributed by atoms with Crippen molar-refractivity contribution in [2.75, 3.05) is 66.6 Å². The van der Waals surface area contributed by atoms with E-state index in [-0.39, 0.29) is 11.9 Å². The normalized spacial score (nSPS) is 21.0. The second kappa shape index (κ2) is 14.1. The van der Waals surface area contributed by atoms with Gasteiger partial charge in [-0.05, 0) is 70.6 Å². The lowest BCUT2D eigenvalue weighted by molar-refractivity contribution is -0.908. The number of nitrogens with zero attached hydrogens (tertiary/aromatic N) is 2. The average Bonchev–Trinajstić information content (AvgIpc) is 3.11. The Bertz CT molecular complexity index is 476. The maximum Gasteiger partial charge on any atom is 0.311 e. The molecule has 0 saturated carbocycles. The molecule has 0 aliphatic carbocycles. The minimum Gasteiger partial charge on any atom is -0.466 e. The number of hydrogen-bond donors (Lipinski definition) is 0. The number of esters is 2. The molecule has 2 heterocycles. The highest BCUT2D eigenvalue weighted by molar-refractivity contribution is 5.69. The van der Waals surface area contributed by atoms with Gasteiger partial charge in [0.15, 0.2) is 0 Å². The van der Waals surface area contributed by atoms with E-state index in [2.05, 4.69) is 14.1 Å². The van der Waals surface area contributed by atoms with Crippen LogP contribution in [0.5, 0.6) is 0 Å². The number of carbonyl (C=O) groups is 2. The lowest BCUT2D eigenvalue weighted by Gasteiger charge is -2.33. The van der Waals surface area contributed by atoms with Gasteiger partial charge < -0.3 is 18.4 Å². The third kappa shape index (κ3) is 11.3. The Morgan fingerprint density at radius 1 is 0.581 bits per heavy atom. The molecule has 0 unspecified atom stereocenters. The van der Waals surface area contributed by atoms with Gasteiger partial charge >= 0.3 is 11.9 Å². The first kappa shape index (κ1) is 26.1. The highest BCUT2D eigenvalue weighted by atomic mass is 16.5. The van der Waals surface area contributed by atoms with Crippen molar-refractivity contribution in [3.05, 3.63) is 0 Å². The molecule has 0 aromatic carbocycles. The number of ether oxygens (including phenoxy) is 2. The van der Waals surface area contributed by atoms with Crippen LogP contribution in [0.15, 0.2) is 0 Å². The van der Waals surface area contributed by atoms with E-state index in [1.54, 1.807) is 0 Å². The Morgan fingerprint density at radius 3 is 1.29 bits per heavy atom. The minimum atomic E-state index is -0.0693. The number of rotatable bonds is 12. The van der Waals surface area contributed by atoms with Crippen LogP contribution >= 0.6 is 0 Å². The Morgan fingerprint density at radius 2 is 0.935 bits per heavy atom. The topological polar surface area (TPSA) is 52.6 Å². The van der Waals surface area contributed by atoms with Crippen molar-refractivity contribution < 1.29 is 28.0 Å². The Hall–Kier alpha value is -1.14. The van der Waals surface area contributed by atoms with Crippen LogP contribution in [0.4, 0.5) is 0 Å². The quantitative estimate of drug-likeness (QED) is 0.261. The summed E-state index contributed by atoms with van der Waals surface area (Å²) >= 11 is 0. The van der Waals surface area contributed by atoms with E-state index in [1.807, 2.05) is 0 Å². The molecule has 0 N–H and O–H groups in total. The molecule has 2 saturated heterocycles. The summed E-state index contributed by atoms with van der Waals surface area (Å²) in [5.41, 5.74) is 0. The van der Waals surface area contributed by atoms with E-state index in [4.69, 9.17) is 9.47 Å². The van der Waals surface area contributed by atoms with E-state index in [0.717, 1.165) is 41.3 Å². The fourth-order valence-corrected chi connectivity index (χ4v) is 4.97. The molecule has 2 fully saturated rings. The largest absolute Gasteiger partial charge is 0.466 e. The summed E-state index contributed by atoms with van der Waals surface area (Å²) in [4.78, 5) is 24.1. The second-order valence-corrected chi connectivity index (χ2v) is 10.4. The van der Waals surface area contributed by atoms with Crippen LogP contribution in [0.3, 0.4) is 0 Å². The number of hydrogen-bond acceptors (Lipinski definition) is 4. The van der Waals surface area contributed by atoms with Crippen LogP contribution in [-0.2, 0) is 19.1 Å². The maximum atomic E-state index is 12.0. The summed E-state index contributed by atoms with van der Waals surface area (Å²) in [5.74, 6) is -0.139. The molecule has 2 aliphatic rings. The summed E-state index contributed by atoms with van der Waals surface area (Å²) in [6, 6.07) is 0. The fraction of sp³-hybridized carbons (Fsp3) is 0.920. The van der Waals surface area contributed by atoms with Gasteiger partial charge in [-0.25, -0.2) is 0 Å². The van der Waals surface area contributed by atoms with Crippen molar-refractivity contribution in [2.45, 2.75) is 83.5 Å². The molecule has 6 heteroatoms. The van der Waals surface area contributed by atoms with Crippen LogP contribution in [-0.4, -0.2) is 87.5 Å². The smallest absolute Gasteiger partial charge is 0.311 e. The molecule has 0 atom stereocenters. The van der Waals surface area contributed by atoms with Crippen LogP contribution in [0.2, 0.25) is 0 Å². The summed E-state index contributed by atoms with van der Waals surface area (Å²) in [5, 5.41) is 0. The SMILES string of the molecule is C[N+]1(CCC(=O)OCCCCCOC(=O)CC[N+]2(C)CCCCCC2)CCCCCC1. The van der Waals surface area contributed by atoms with Gasteiger partial charge in [0.05, 0.1) is 79.4 Å². The first-order chi connectivity index (χ1) is 14.9. The molecule has 0 radical (unpaired) electrons. The van der Waals surface area contributed by atoms with E-state index in [0.29, 0.717) is 26.1 Å². The van der Waals surface area contributed by atoms with Crippen molar-refractivity contribution >= 4 is 11.9 Å². The molecule has 2 aliphatic heterocycles. The molecular formula is C25H48N2O4+2. The minimum absolute atomic E-state index is 0.0693. The monoisotopic (exact) mass is 440 g/mol. The van der Waals surface area contributed by atoms with Crippen LogP contribution in [0.25, 0.3) is 0 Å². The molecule has 31 heavy (non-hydrogen) atoms. The maximum absolute atomic E-state index is 12.0. The number of likely N-dealkylation sites (tertiary alicyclic amines) is 2. The van der Waals surface area contributed by atoms with Crippen molar-refractivity contribution in [3.63, 3.8) is 0 Å². The molecule has 0 amide bonds. The zero-order chi connectivity index (χ0) is 22.4. The number of unbranched alkanes of at least 4 members (excludes halogenated alkanes) is 2. The molecule has 0 spiro atoms. The van der Waals surface area contributed by atoms with Crippen molar-refractivity contribution in [2.24, 2.45) is 0 Å². The summed E-state index contributed by atoms with van der Waals surface area (Å²) in [7, 11) is 4.55. The highest BCUT2D eigenvalue weighted by Gasteiger charge is 2.25. The Kier molecular flexibility index (Phi) is 11.9. The van der Waals surface area contributed by atoms with E-state index in [9.17, 15) is 9.59 Å². The van der Waals surface area contributed by atoms with Crippen LogP contribution < -0.4 is 0 Å². The van der Waals surface area contributed by atoms with Gasteiger partial charge in [-0.15, -0.1) is 0 Å². The predicted molar refractivity (Wildman–Crippen MR) is 124 cm³/mol. The fourth-order valence-electron chi connectivity index (χ4n) is 4.97. The van der Waals surface area contributed by atoms with Crippen molar-refractivity contribution in [3.8, 4) is 0 Å². The Labute approximate surface area is 190 Å². The standard InChI is InChI=1S/C25H48N2O4/c1-26(16-8-3-4-9-17-26)20-14-24(28)30-22-12-7-13-23-31-25(29)15-21-27(2)18-10-5-6-11-19-27/h3-23H2,1-2H3/q+2. The van der Waals surface area contributed by atoms with Gasteiger partial charge in [0, 0.05) is 0 Å². The van der Waals surface area contributed by atoms with Gasteiger partial charge in [0.1, 0.15) is 0 Å². The summed E-state index contributed by atoms with van der Waals surface area (Å²) in [6.45, 7) is 7.49. The van der Waals surface area contributed by atoms with Crippen LogP contribution in [0.1, 0.15) is 83.5 Å². The number of carbonyl (C=O) groups excluding carboxylic acids is 2. The molecule has 6 nitrogen and oxygen atoms in total. The molecule has 0 aromatic rings. The third-order valence-electron chi connectivity index (χ3n) is 7.32. The molecule has 180 valence electrons. The van der Waals surface area contributed by atoms with Gasteiger partial charge in [-0.3, -0.25) is 9.59 Å². The van der Waals surface area contributed by atoms with Gasteiger partial charge in [0.25, 0.3) is 0 Å². The zero-order valence-corrected chi connectivity index (χ0v) is 20.4. The third-order valence-corrected chi connectivity index (χ3v) is 7.32. The first-order valence-electron chi connectivity index (χ1n) is 12.9. The van der Waals surface area contributed by atoms with E-state index in [1.165, 1.54) is 77.5 Å². The van der Waals surface area contributed by atoms with Gasteiger partial charge in [0.2, 0.25) is 0 Å². The van der Waals surface area contributed by atoms with Crippen molar-refractivity contribution in [1.82, 2.24) is 0 Å². The number of quaternary nitrogens is 2. The Balaban J connectivity index is 1.44. The molecule has 2 rings (SSSR count). The lowest BCUT2D eigenvalue weighted by atomic mass is 10.2. The molecular weight excluding hydrogens is 392 g/mol. The first-order valence-corrected chi connectivity index (χ1v) is 12.9. The van der Waals surface area contributed by atoms with E-state index >= 15 is 0 Å². The predicted octanol–water partition coefficient (Wildman–Crippen LogP) is 4.06. The zero-order valence-electron chi connectivity index (χ0n) is 20.4. The average molecular weight is 441 g/mol. The molecule has 0 bridgehead atoms. The van der Waals surface area contributed by atoms with Gasteiger partial charge in [-0.2, -0.15) is 0 Å². The summed E-state index contributed by atoms with van der Waals surface area (Å²) in [6.07, 6.45) is 14.0. The second-order valence-electron chi connectivity index (χ2n) is 10.4. The molecule has 0 aromatic heterocycles. The van der Waals surface area contributed by atoms with Crippen molar-refractivity contribution in [1.29, 1.82) is 0 Å². The van der Waals surface area contributed by atoms with E-state index < -0.39 is 0 Å².